The van der Waals surface area contributed by atoms with Crippen LogP contribution >= 0.6 is 0 Å². The number of anilines is 1. The molecule has 0 spiro atoms. The Morgan fingerprint density at radius 1 is 1.22 bits per heavy atom. The third kappa shape index (κ3) is 3.86. The van der Waals surface area contributed by atoms with Gasteiger partial charge in [0.2, 0.25) is 17.8 Å². The summed E-state index contributed by atoms with van der Waals surface area (Å²) in [5.74, 6) is 1.09. The van der Waals surface area contributed by atoms with Crippen LogP contribution in [0.15, 0.2) is 18.2 Å². The molecule has 3 aliphatic heterocycles. The Morgan fingerprint density at radius 3 is 2.88 bits per heavy atom. The molecule has 10 heteroatoms. The number of carbonyl (C=O) groups is 3. The van der Waals surface area contributed by atoms with Gasteiger partial charge in [0, 0.05) is 44.6 Å². The van der Waals surface area contributed by atoms with Crippen molar-refractivity contribution in [1.82, 2.24) is 30.3 Å². The first-order valence-electron chi connectivity index (χ1n) is 11.1. The van der Waals surface area contributed by atoms with Crippen LogP contribution in [-0.4, -0.2) is 56.5 Å². The van der Waals surface area contributed by atoms with E-state index < -0.39 is 11.9 Å². The van der Waals surface area contributed by atoms with E-state index in [1.807, 2.05) is 25.2 Å². The Morgan fingerprint density at radius 2 is 2.09 bits per heavy atom. The number of imide groups is 1. The molecule has 0 aliphatic carbocycles. The van der Waals surface area contributed by atoms with E-state index in [9.17, 15) is 14.4 Å². The summed E-state index contributed by atoms with van der Waals surface area (Å²) in [4.78, 5) is 42.7. The van der Waals surface area contributed by atoms with E-state index in [2.05, 4.69) is 26.0 Å². The van der Waals surface area contributed by atoms with Gasteiger partial charge in [-0.15, -0.1) is 0 Å². The van der Waals surface area contributed by atoms with Crippen LogP contribution in [0.4, 0.5) is 5.95 Å². The van der Waals surface area contributed by atoms with Gasteiger partial charge in [0.25, 0.3) is 5.91 Å². The largest absolute Gasteiger partial charge is 0.350 e. The van der Waals surface area contributed by atoms with Crippen molar-refractivity contribution in [1.29, 1.82) is 0 Å². The Balaban J connectivity index is 1.25. The van der Waals surface area contributed by atoms with Crippen molar-refractivity contribution in [2.24, 2.45) is 7.05 Å². The number of nitrogens with one attached hydrogen (secondary N) is 3. The zero-order chi connectivity index (χ0) is 22.2. The van der Waals surface area contributed by atoms with E-state index in [0.717, 1.165) is 42.9 Å². The number of aryl methyl sites for hydroxylation is 1. The SMILES string of the molecule is Cn1nc(C2CCCNC2)nc1NCc1ccc2c(c1)CN(C1CCC(=O)NC1=O)C2=O. The van der Waals surface area contributed by atoms with Crippen LogP contribution in [0.5, 0.6) is 0 Å². The maximum Gasteiger partial charge on any atom is 0.255 e. The first-order valence-corrected chi connectivity index (χ1v) is 11.1. The number of carbonyl (C=O) groups excluding carboxylic acids is 3. The van der Waals surface area contributed by atoms with E-state index in [-0.39, 0.29) is 18.2 Å². The molecule has 0 radical (unpaired) electrons. The third-order valence-corrected chi connectivity index (χ3v) is 6.48. The summed E-state index contributed by atoms with van der Waals surface area (Å²) in [6, 6.07) is 5.13. The molecule has 0 bridgehead atoms. The number of amides is 3. The number of fused-ring (bicyclic) bond motifs is 1. The fourth-order valence-corrected chi connectivity index (χ4v) is 4.72. The Bertz CT molecular complexity index is 1070. The van der Waals surface area contributed by atoms with E-state index in [1.165, 1.54) is 0 Å². The molecule has 2 fully saturated rings. The lowest BCUT2D eigenvalue weighted by molar-refractivity contribution is -0.136. The van der Waals surface area contributed by atoms with E-state index >= 15 is 0 Å². The molecular weight excluding hydrogens is 410 g/mol. The van der Waals surface area contributed by atoms with Gasteiger partial charge in [0.15, 0.2) is 5.82 Å². The van der Waals surface area contributed by atoms with Crippen LogP contribution in [0.2, 0.25) is 0 Å². The molecule has 3 aliphatic rings. The van der Waals surface area contributed by atoms with Gasteiger partial charge in [-0.25, -0.2) is 4.68 Å². The Kier molecular flexibility index (Phi) is 5.38. The van der Waals surface area contributed by atoms with Gasteiger partial charge in [0.05, 0.1) is 0 Å². The zero-order valence-corrected chi connectivity index (χ0v) is 18.1. The quantitative estimate of drug-likeness (QED) is 0.588. The number of benzene rings is 1. The highest BCUT2D eigenvalue weighted by Gasteiger charge is 2.39. The van der Waals surface area contributed by atoms with Crippen LogP contribution in [-0.2, 0) is 29.7 Å². The lowest BCUT2D eigenvalue weighted by Gasteiger charge is -2.29. The molecule has 0 saturated carbocycles. The molecule has 2 atom stereocenters. The number of aromatic nitrogens is 3. The summed E-state index contributed by atoms with van der Waals surface area (Å²) in [5, 5.41) is 13.7. The molecule has 1 aromatic heterocycles. The van der Waals surface area contributed by atoms with E-state index in [4.69, 9.17) is 0 Å². The molecule has 5 rings (SSSR count). The van der Waals surface area contributed by atoms with Crippen LogP contribution in [0.25, 0.3) is 0 Å². The highest BCUT2D eigenvalue weighted by Crippen LogP contribution is 2.28. The van der Waals surface area contributed by atoms with Crippen LogP contribution in [0, 0.1) is 0 Å². The molecule has 1 aromatic carbocycles. The summed E-state index contributed by atoms with van der Waals surface area (Å²) >= 11 is 0. The molecule has 168 valence electrons. The van der Waals surface area contributed by atoms with E-state index in [1.54, 1.807) is 9.58 Å². The number of rotatable bonds is 5. The third-order valence-electron chi connectivity index (χ3n) is 6.48. The Labute approximate surface area is 185 Å². The molecule has 10 nitrogen and oxygen atoms in total. The summed E-state index contributed by atoms with van der Waals surface area (Å²) in [5.41, 5.74) is 2.53. The molecule has 2 saturated heterocycles. The summed E-state index contributed by atoms with van der Waals surface area (Å²) in [7, 11) is 1.88. The summed E-state index contributed by atoms with van der Waals surface area (Å²) < 4.78 is 1.77. The molecule has 2 unspecified atom stereocenters. The van der Waals surface area contributed by atoms with Gasteiger partial charge < -0.3 is 15.5 Å². The molecule has 32 heavy (non-hydrogen) atoms. The predicted octanol–water partition coefficient (Wildman–Crippen LogP) is 0.655. The Hall–Kier alpha value is -3.27. The minimum absolute atomic E-state index is 0.159. The van der Waals surface area contributed by atoms with Crippen molar-refractivity contribution in [3.05, 3.63) is 40.7 Å². The summed E-state index contributed by atoms with van der Waals surface area (Å²) in [6.45, 7) is 2.88. The van der Waals surface area contributed by atoms with Crippen LogP contribution in [0.1, 0.15) is 58.9 Å². The van der Waals surface area contributed by atoms with Crippen LogP contribution < -0.4 is 16.0 Å². The first-order chi connectivity index (χ1) is 15.5. The molecule has 3 amide bonds. The maximum atomic E-state index is 12.8. The van der Waals surface area contributed by atoms with Crippen molar-refractivity contribution in [3.63, 3.8) is 0 Å². The van der Waals surface area contributed by atoms with Crippen molar-refractivity contribution >= 4 is 23.7 Å². The van der Waals surface area contributed by atoms with Crippen molar-refractivity contribution in [3.8, 4) is 0 Å². The average Bonchev–Trinajstić information content (AvgIpc) is 3.32. The monoisotopic (exact) mass is 437 g/mol. The molecule has 2 aromatic rings. The van der Waals surface area contributed by atoms with Crippen LogP contribution in [0.3, 0.4) is 0 Å². The fourth-order valence-electron chi connectivity index (χ4n) is 4.72. The van der Waals surface area contributed by atoms with E-state index in [0.29, 0.717) is 36.9 Å². The topological polar surface area (TPSA) is 121 Å². The van der Waals surface area contributed by atoms with Gasteiger partial charge in [-0.1, -0.05) is 12.1 Å². The number of hydrogen-bond acceptors (Lipinski definition) is 7. The molecular formula is C22H27N7O3. The minimum atomic E-state index is -0.597. The molecule has 3 N–H and O–H groups in total. The van der Waals surface area contributed by atoms with Gasteiger partial charge >= 0.3 is 0 Å². The zero-order valence-electron chi connectivity index (χ0n) is 18.1. The number of piperidine rings is 2. The average molecular weight is 438 g/mol. The predicted molar refractivity (Wildman–Crippen MR) is 116 cm³/mol. The van der Waals surface area contributed by atoms with Gasteiger partial charge in [0.1, 0.15) is 6.04 Å². The number of hydrogen-bond donors (Lipinski definition) is 3. The molecule has 4 heterocycles. The van der Waals surface area contributed by atoms with Gasteiger partial charge in [-0.3, -0.25) is 19.7 Å². The minimum Gasteiger partial charge on any atom is -0.350 e. The van der Waals surface area contributed by atoms with Crippen molar-refractivity contribution in [2.45, 2.75) is 50.7 Å². The lowest BCUT2D eigenvalue weighted by Crippen LogP contribution is -2.52. The highest BCUT2D eigenvalue weighted by atomic mass is 16.2. The standard InChI is InChI=1S/C22H27N7O3/c1-28-22(26-19(27-28)14-3-2-8-23-11-14)24-10-13-4-5-16-15(9-13)12-29(21(16)32)17-6-7-18(30)25-20(17)31/h4-5,9,14,17,23H,2-3,6-8,10-12H2,1H3,(H,24,26,27)(H,25,30,31). The van der Waals surface area contributed by atoms with Gasteiger partial charge in [-0.2, -0.15) is 10.1 Å². The second-order valence-electron chi connectivity index (χ2n) is 8.71. The fraction of sp³-hybridized carbons (Fsp3) is 0.500. The second-order valence-corrected chi connectivity index (χ2v) is 8.71. The number of nitrogens with zero attached hydrogens (tertiary/aromatic N) is 4. The summed E-state index contributed by atoms with van der Waals surface area (Å²) in [6.07, 6.45) is 2.85. The first kappa shape index (κ1) is 20.6. The highest BCUT2D eigenvalue weighted by molar-refractivity contribution is 6.05. The van der Waals surface area contributed by atoms with Crippen molar-refractivity contribution < 1.29 is 14.4 Å². The normalized spacial score (nSPS) is 23.3. The smallest absolute Gasteiger partial charge is 0.255 e. The lowest BCUT2D eigenvalue weighted by atomic mass is 9.99. The second kappa shape index (κ2) is 8.34. The van der Waals surface area contributed by atoms with Crippen molar-refractivity contribution in [2.75, 3.05) is 18.4 Å². The van der Waals surface area contributed by atoms with Gasteiger partial charge in [-0.05, 0) is 43.0 Å². The maximum absolute atomic E-state index is 12.8.